The molecule has 0 bridgehead atoms. The molecular weight excluding hydrogens is 308 g/mol. The molecular formula is C17H22N4OS. The molecule has 3 rings (SSSR count). The van der Waals surface area contributed by atoms with Gasteiger partial charge in [-0.3, -0.25) is 9.89 Å². The van der Waals surface area contributed by atoms with Gasteiger partial charge < -0.3 is 4.90 Å². The number of benzene rings is 1. The van der Waals surface area contributed by atoms with Crippen molar-refractivity contribution in [2.45, 2.75) is 43.3 Å². The lowest BCUT2D eigenvalue weighted by Crippen LogP contribution is -2.40. The Kier molecular flexibility index (Phi) is 5.33. The highest BCUT2D eigenvalue weighted by Gasteiger charge is 2.34. The Morgan fingerprint density at radius 2 is 2.26 bits per heavy atom. The SMILES string of the molecule is CC[C@H](c1ccccc1)[C@@H]1CCCN1C(=O)CSc1ncn[nH]1. The molecule has 6 heteroatoms. The van der Waals surface area contributed by atoms with Crippen molar-refractivity contribution >= 4 is 17.7 Å². The van der Waals surface area contributed by atoms with Crippen LogP contribution in [-0.4, -0.2) is 44.3 Å². The number of aromatic nitrogens is 3. The predicted octanol–water partition coefficient (Wildman–Crippen LogP) is 3.08. The monoisotopic (exact) mass is 330 g/mol. The van der Waals surface area contributed by atoms with Crippen molar-refractivity contribution in [3.63, 3.8) is 0 Å². The lowest BCUT2D eigenvalue weighted by atomic mass is 9.87. The maximum atomic E-state index is 12.6. The Hall–Kier alpha value is -1.82. The van der Waals surface area contributed by atoms with Crippen molar-refractivity contribution < 1.29 is 4.79 Å². The summed E-state index contributed by atoms with van der Waals surface area (Å²) in [7, 11) is 0. The summed E-state index contributed by atoms with van der Waals surface area (Å²) in [5.41, 5.74) is 1.34. The van der Waals surface area contributed by atoms with Crippen LogP contribution in [0.1, 0.15) is 37.7 Å². The van der Waals surface area contributed by atoms with Gasteiger partial charge in [-0.25, -0.2) is 4.98 Å². The second kappa shape index (κ2) is 7.64. The number of carbonyl (C=O) groups is 1. The van der Waals surface area contributed by atoms with Crippen molar-refractivity contribution in [3.05, 3.63) is 42.2 Å². The van der Waals surface area contributed by atoms with Gasteiger partial charge in [0.15, 0.2) is 5.16 Å². The Labute approximate surface area is 140 Å². The first-order valence-corrected chi connectivity index (χ1v) is 9.10. The van der Waals surface area contributed by atoms with Crippen LogP contribution in [-0.2, 0) is 4.79 Å². The van der Waals surface area contributed by atoms with Crippen LogP contribution in [0.2, 0.25) is 0 Å². The summed E-state index contributed by atoms with van der Waals surface area (Å²) >= 11 is 1.42. The van der Waals surface area contributed by atoms with E-state index < -0.39 is 0 Å². The number of nitrogens with zero attached hydrogens (tertiary/aromatic N) is 3. The van der Waals surface area contributed by atoms with E-state index in [4.69, 9.17) is 0 Å². The molecule has 1 fully saturated rings. The van der Waals surface area contributed by atoms with Crippen LogP contribution in [0.5, 0.6) is 0 Å². The van der Waals surface area contributed by atoms with Gasteiger partial charge >= 0.3 is 0 Å². The lowest BCUT2D eigenvalue weighted by Gasteiger charge is -2.31. The maximum absolute atomic E-state index is 12.6. The van der Waals surface area contributed by atoms with Crippen LogP contribution in [0.15, 0.2) is 41.8 Å². The van der Waals surface area contributed by atoms with Crippen molar-refractivity contribution in [1.82, 2.24) is 20.1 Å². The number of rotatable bonds is 6. The van der Waals surface area contributed by atoms with Crippen molar-refractivity contribution in [3.8, 4) is 0 Å². The number of nitrogens with one attached hydrogen (secondary N) is 1. The van der Waals surface area contributed by atoms with Crippen molar-refractivity contribution in [1.29, 1.82) is 0 Å². The number of carbonyl (C=O) groups excluding carboxylic acids is 1. The zero-order valence-corrected chi connectivity index (χ0v) is 14.1. The fraction of sp³-hybridized carbons (Fsp3) is 0.471. The lowest BCUT2D eigenvalue weighted by molar-refractivity contribution is -0.129. The smallest absolute Gasteiger partial charge is 0.233 e. The van der Waals surface area contributed by atoms with Crippen LogP contribution >= 0.6 is 11.8 Å². The molecule has 2 aromatic rings. The Morgan fingerprint density at radius 1 is 1.43 bits per heavy atom. The van der Waals surface area contributed by atoms with Gasteiger partial charge in [0.2, 0.25) is 5.91 Å². The summed E-state index contributed by atoms with van der Waals surface area (Å²) in [5, 5.41) is 7.30. The van der Waals surface area contributed by atoms with Gasteiger partial charge in [-0.1, -0.05) is 49.0 Å². The number of thioether (sulfide) groups is 1. The molecule has 1 saturated heterocycles. The largest absolute Gasteiger partial charge is 0.338 e. The van der Waals surface area contributed by atoms with Gasteiger partial charge in [0, 0.05) is 18.5 Å². The highest BCUT2D eigenvalue weighted by molar-refractivity contribution is 7.99. The molecule has 0 unspecified atom stereocenters. The van der Waals surface area contributed by atoms with Gasteiger partial charge in [-0.15, -0.1) is 0 Å². The fourth-order valence-corrected chi connectivity index (χ4v) is 4.09. The predicted molar refractivity (Wildman–Crippen MR) is 91.3 cm³/mol. The highest BCUT2D eigenvalue weighted by Crippen LogP contribution is 2.34. The molecule has 1 aromatic heterocycles. The van der Waals surface area contributed by atoms with E-state index in [2.05, 4.69) is 51.3 Å². The van der Waals surface area contributed by atoms with Crippen molar-refractivity contribution in [2.75, 3.05) is 12.3 Å². The first kappa shape index (κ1) is 16.1. The minimum atomic E-state index is 0.197. The fourth-order valence-electron chi connectivity index (χ4n) is 3.43. The molecule has 1 N–H and O–H groups in total. The number of aromatic amines is 1. The minimum Gasteiger partial charge on any atom is -0.338 e. The third-order valence-corrected chi connectivity index (χ3v) is 5.34. The zero-order valence-electron chi connectivity index (χ0n) is 13.3. The Bertz CT molecular complexity index is 617. The summed E-state index contributed by atoms with van der Waals surface area (Å²) in [6, 6.07) is 10.9. The Morgan fingerprint density at radius 3 is 2.96 bits per heavy atom. The Balaban J connectivity index is 1.67. The van der Waals surface area contributed by atoms with Gasteiger partial charge in [0.25, 0.3) is 0 Å². The second-order valence-electron chi connectivity index (χ2n) is 5.80. The van der Waals surface area contributed by atoms with Crippen LogP contribution in [0.4, 0.5) is 0 Å². The quantitative estimate of drug-likeness (QED) is 0.827. The molecule has 5 nitrogen and oxygen atoms in total. The standard InChI is InChI=1S/C17H22N4OS/c1-2-14(13-7-4-3-5-8-13)15-9-6-10-21(15)16(22)11-23-17-18-12-19-20-17/h3-5,7-8,12,14-15H,2,6,9-11H2,1H3,(H,18,19,20)/t14-,15+/m1/s1. The first-order valence-electron chi connectivity index (χ1n) is 8.12. The molecule has 2 atom stereocenters. The molecule has 2 heterocycles. The van der Waals surface area contributed by atoms with E-state index in [-0.39, 0.29) is 5.91 Å². The molecule has 0 radical (unpaired) electrons. The molecule has 0 spiro atoms. The molecule has 23 heavy (non-hydrogen) atoms. The molecule has 122 valence electrons. The van der Waals surface area contributed by atoms with E-state index in [0.29, 0.717) is 22.9 Å². The second-order valence-corrected chi connectivity index (χ2v) is 6.77. The summed E-state index contributed by atoms with van der Waals surface area (Å²) in [6.07, 6.45) is 4.69. The van der Waals surface area contributed by atoms with E-state index in [9.17, 15) is 4.79 Å². The first-order chi connectivity index (χ1) is 11.3. The third-order valence-electron chi connectivity index (χ3n) is 4.48. The van der Waals surface area contributed by atoms with Crippen LogP contribution < -0.4 is 0 Å². The molecule has 1 aromatic carbocycles. The topological polar surface area (TPSA) is 61.9 Å². The molecule has 1 amide bonds. The number of hydrogen-bond acceptors (Lipinski definition) is 4. The van der Waals surface area contributed by atoms with Gasteiger partial charge in [-0.2, -0.15) is 5.10 Å². The average Bonchev–Trinajstić information content (AvgIpc) is 3.26. The summed E-state index contributed by atoms with van der Waals surface area (Å²) in [6.45, 7) is 3.08. The number of H-pyrrole nitrogens is 1. The van der Waals surface area contributed by atoms with Crippen LogP contribution in [0, 0.1) is 0 Å². The molecule has 0 saturated carbocycles. The number of likely N-dealkylation sites (tertiary alicyclic amines) is 1. The minimum absolute atomic E-state index is 0.197. The average molecular weight is 330 g/mol. The van der Waals surface area contributed by atoms with Gasteiger partial charge in [0.05, 0.1) is 5.75 Å². The van der Waals surface area contributed by atoms with E-state index in [0.717, 1.165) is 25.8 Å². The maximum Gasteiger partial charge on any atom is 0.233 e. The number of hydrogen-bond donors (Lipinski definition) is 1. The van der Waals surface area contributed by atoms with E-state index >= 15 is 0 Å². The van der Waals surface area contributed by atoms with E-state index in [1.165, 1.54) is 23.7 Å². The molecule has 1 aliphatic rings. The molecule has 1 aliphatic heterocycles. The van der Waals surface area contributed by atoms with E-state index in [1.807, 2.05) is 6.07 Å². The van der Waals surface area contributed by atoms with Gasteiger partial charge in [-0.05, 0) is 24.8 Å². The molecule has 0 aliphatic carbocycles. The summed E-state index contributed by atoms with van der Waals surface area (Å²) in [5.74, 6) is 1.03. The highest BCUT2D eigenvalue weighted by atomic mass is 32.2. The van der Waals surface area contributed by atoms with Crippen LogP contribution in [0.25, 0.3) is 0 Å². The van der Waals surface area contributed by atoms with Crippen LogP contribution in [0.3, 0.4) is 0 Å². The van der Waals surface area contributed by atoms with E-state index in [1.54, 1.807) is 0 Å². The third kappa shape index (κ3) is 3.75. The van der Waals surface area contributed by atoms with Gasteiger partial charge in [0.1, 0.15) is 6.33 Å². The zero-order chi connectivity index (χ0) is 16.1. The number of amides is 1. The summed E-state index contributed by atoms with van der Waals surface area (Å²) in [4.78, 5) is 18.8. The normalized spacial score (nSPS) is 19.0. The van der Waals surface area contributed by atoms with Crippen molar-refractivity contribution in [2.24, 2.45) is 0 Å². The summed E-state index contributed by atoms with van der Waals surface area (Å²) < 4.78 is 0.